The van der Waals surface area contributed by atoms with Crippen LogP contribution < -0.4 is 0 Å². The molecule has 0 radical (unpaired) electrons. The third-order valence-electron chi connectivity index (χ3n) is 15.3. The van der Waals surface area contributed by atoms with E-state index in [-0.39, 0.29) is 19.8 Å². The monoisotopic (exact) mass is 1250 g/mol. The van der Waals surface area contributed by atoms with E-state index in [1.807, 2.05) is 0 Å². The van der Waals surface area contributed by atoms with E-state index in [0.29, 0.717) is 0 Å². The average Bonchev–Trinajstić information content (AvgIpc) is 2.43. The molecule has 500 valence electrons. The molecule has 7 rings (SSSR count). The minimum atomic E-state index is -1.91. The molecule has 0 amide bonds. The van der Waals surface area contributed by atoms with Gasteiger partial charge in [-0.05, 0) is 20.8 Å². The molecule has 0 aromatic rings. The minimum absolute atomic E-state index is 0.0547. The third-order valence-corrected chi connectivity index (χ3v) is 15.3. The van der Waals surface area contributed by atoms with Gasteiger partial charge in [-0.25, -0.2) is 0 Å². The summed E-state index contributed by atoms with van der Waals surface area (Å²) in [4.78, 5) is 0. The van der Waals surface area contributed by atoms with E-state index in [4.69, 9.17) is 71.1 Å². The van der Waals surface area contributed by atoms with E-state index >= 15 is 0 Å². The zero-order valence-electron chi connectivity index (χ0n) is 46.2. The summed E-state index contributed by atoms with van der Waals surface area (Å²) in [7, 11) is 0. The highest BCUT2D eigenvalue weighted by molar-refractivity contribution is 4.99. The van der Waals surface area contributed by atoms with E-state index < -0.39 is 261 Å². The Morgan fingerprint density at radius 2 is 0.494 bits per heavy atom. The van der Waals surface area contributed by atoms with Gasteiger partial charge in [0.15, 0.2) is 44.0 Å². The molecule has 0 aliphatic carbocycles. The molecule has 35 atom stereocenters. The van der Waals surface area contributed by atoms with Gasteiger partial charge in [-0.1, -0.05) is 0 Å². The lowest BCUT2D eigenvalue weighted by molar-refractivity contribution is -0.377. The van der Waals surface area contributed by atoms with E-state index in [1.54, 1.807) is 20.8 Å². The summed E-state index contributed by atoms with van der Waals surface area (Å²) in [5.41, 5.74) is 0. The second kappa shape index (κ2) is 33.2. The Morgan fingerprint density at radius 1 is 0.235 bits per heavy atom. The lowest BCUT2D eigenvalue weighted by Crippen LogP contribution is -2.66. The smallest absolute Gasteiger partial charge is 0.187 e. The standard InChI is InChI=1S/C30H54O21.C18H32O16/c1-4-42-23-11(7-31)47-29(21(40)15(23)34)50-25-13(9-33)46-28(20(39)17(25)36)45-10-14-26(18(37)19(38)27(49-14)44-6-3)51-30-22(41)16(35)24(43-5-2)12(8-32)48-30;19-1-4-7(22)8(23)12(27)17(31-4)34-15-6(3-21)32-18(13(28)10(15)25)33-14-5(2-20)30-16(29)11(26)9(14)24/h11-41H,4-10H2,1-3H3;4-29H,1-3H2. The van der Waals surface area contributed by atoms with Gasteiger partial charge in [-0.2, -0.15) is 0 Å². The Balaban J connectivity index is 0.000000295. The van der Waals surface area contributed by atoms with Crippen molar-refractivity contribution in [2.45, 2.75) is 236 Å². The topological polar surface area (TPSA) is 584 Å². The molecular formula is C48H86O37. The molecule has 7 aliphatic rings. The van der Waals surface area contributed by atoms with E-state index in [2.05, 4.69) is 0 Å². The number of ether oxygens (including phenoxy) is 15. The molecule has 0 aromatic carbocycles. The largest absolute Gasteiger partial charge is 0.394 e. The predicted molar refractivity (Wildman–Crippen MR) is 263 cm³/mol. The number of aliphatic hydroxyl groups excluding tert-OH is 22. The molecule has 7 fully saturated rings. The van der Waals surface area contributed by atoms with Gasteiger partial charge in [-0.15, -0.1) is 0 Å². The molecule has 22 N–H and O–H groups in total. The van der Waals surface area contributed by atoms with Gasteiger partial charge in [0, 0.05) is 19.8 Å². The summed E-state index contributed by atoms with van der Waals surface area (Å²) >= 11 is 0. The van der Waals surface area contributed by atoms with Crippen LogP contribution in [0.4, 0.5) is 0 Å². The van der Waals surface area contributed by atoms with Crippen LogP contribution in [-0.4, -0.2) is 393 Å². The Labute approximate surface area is 484 Å². The van der Waals surface area contributed by atoms with Crippen LogP contribution in [0.1, 0.15) is 20.8 Å². The van der Waals surface area contributed by atoms with Crippen molar-refractivity contribution < 1.29 is 183 Å². The molecule has 0 saturated carbocycles. The zero-order chi connectivity index (χ0) is 62.9. The third kappa shape index (κ3) is 16.4. The molecule has 0 bridgehead atoms. The van der Waals surface area contributed by atoms with Gasteiger partial charge in [0.25, 0.3) is 0 Å². The fourth-order valence-electron chi connectivity index (χ4n) is 10.6. The summed E-state index contributed by atoms with van der Waals surface area (Å²) in [6.45, 7) is 0.239. The number of hydrogen-bond acceptors (Lipinski definition) is 37. The molecule has 37 nitrogen and oxygen atoms in total. The quantitative estimate of drug-likeness (QED) is 0.0452. The van der Waals surface area contributed by atoms with E-state index in [9.17, 15) is 112 Å². The van der Waals surface area contributed by atoms with Crippen molar-refractivity contribution in [2.24, 2.45) is 0 Å². The summed E-state index contributed by atoms with van der Waals surface area (Å²) in [6.07, 6.45) is -55.7. The number of rotatable bonds is 23. The molecule has 7 aliphatic heterocycles. The van der Waals surface area contributed by atoms with Crippen LogP contribution >= 0.6 is 0 Å². The van der Waals surface area contributed by atoms with Gasteiger partial charge in [0.1, 0.15) is 171 Å². The highest BCUT2D eigenvalue weighted by atomic mass is 16.8. The lowest BCUT2D eigenvalue weighted by Gasteiger charge is -2.48. The molecule has 0 spiro atoms. The Hall–Kier alpha value is -1.48. The SMILES string of the molecule is CCOC1OC(COC2OC(CO)C(OC3OC(CO)C(OCC)C(O)C3O)C(O)C2O)C(OC2OC(CO)C(OCC)C(O)C2O)C(O)C1O.OCC1OC(OC2C(CO)OC(OC3C(CO)OC(O)C(O)C3O)C(O)C2O)C(O)C(O)C1O. The summed E-state index contributed by atoms with van der Waals surface area (Å²) in [6, 6.07) is 0. The Morgan fingerprint density at radius 3 is 0.859 bits per heavy atom. The Kier molecular flexibility index (Phi) is 28.4. The average molecular weight is 1260 g/mol. The molecular weight excluding hydrogens is 1170 g/mol. The van der Waals surface area contributed by atoms with Crippen molar-refractivity contribution in [3.05, 3.63) is 0 Å². The van der Waals surface area contributed by atoms with Crippen LogP contribution in [0, 0.1) is 0 Å². The van der Waals surface area contributed by atoms with E-state index in [1.165, 1.54) is 0 Å². The second-order valence-electron chi connectivity index (χ2n) is 20.8. The first-order valence-corrected chi connectivity index (χ1v) is 27.6. The minimum Gasteiger partial charge on any atom is -0.394 e. The van der Waals surface area contributed by atoms with Gasteiger partial charge >= 0.3 is 0 Å². The van der Waals surface area contributed by atoms with Crippen LogP contribution in [0.15, 0.2) is 0 Å². The fourth-order valence-corrected chi connectivity index (χ4v) is 10.6. The van der Waals surface area contributed by atoms with Crippen LogP contribution in [0.25, 0.3) is 0 Å². The number of hydrogen-bond donors (Lipinski definition) is 22. The molecule has 35 unspecified atom stereocenters. The van der Waals surface area contributed by atoms with Crippen molar-refractivity contribution in [1.29, 1.82) is 0 Å². The first-order chi connectivity index (χ1) is 40.4. The van der Waals surface area contributed by atoms with Gasteiger partial charge < -0.3 is 183 Å². The van der Waals surface area contributed by atoms with Gasteiger partial charge in [0.05, 0.1) is 46.2 Å². The lowest BCUT2D eigenvalue weighted by atomic mass is 9.96. The predicted octanol–water partition coefficient (Wildman–Crippen LogP) is -14.2. The normalized spacial score (nSPS) is 49.9. The van der Waals surface area contributed by atoms with Crippen molar-refractivity contribution in [3.8, 4) is 0 Å². The fraction of sp³-hybridized carbons (Fsp3) is 1.00. The van der Waals surface area contributed by atoms with Gasteiger partial charge in [-0.3, -0.25) is 0 Å². The molecule has 85 heavy (non-hydrogen) atoms. The van der Waals surface area contributed by atoms with Crippen LogP contribution in [-0.2, 0) is 71.1 Å². The van der Waals surface area contributed by atoms with Crippen molar-refractivity contribution >= 4 is 0 Å². The van der Waals surface area contributed by atoms with Gasteiger partial charge in [0.2, 0.25) is 0 Å². The van der Waals surface area contributed by atoms with Crippen LogP contribution in [0.5, 0.6) is 0 Å². The first kappa shape index (κ1) is 72.6. The van der Waals surface area contributed by atoms with Crippen LogP contribution in [0.2, 0.25) is 0 Å². The maximum atomic E-state index is 11.1. The summed E-state index contributed by atoms with van der Waals surface area (Å²) in [5.74, 6) is 0. The van der Waals surface area contributed by atoms with Crippen molar-refractivity contribution in [2.75, 3.05) is 66.1 Å². The maximum Gasteiger partial charge on any atom is 0.187 e. The van der Waals surface area contributed by atoms with Crippen molar-refractivity contribution in [1.82, 2.24) is 0 Å². The first-order valence-electron chi connectivity index (χ1n) is 27.6. The van der Waals surface area contributed by atoms with Crippen LogP contribution in [0.3, 0.4) is 0 Å². The highest BCUT2D eigenvalue weighted by Crippen LogP contribution is 2.36. The second-order valence-corrected chi connectivity index (χ2v) is 20.8. The van der Waals surface area contributed by atoms with Crippen molar-refractivity contribution in [3.63, 3.8) is 0 Å². The highest BCUT2D eigenvalue weighted by Gasteiger charge is 2.57. The molecule has 0 aromatic heterocycles. The maximum absolute atomic E-state index is 11.1. The Bertz CT molecular complexity index is 1900. The zero-order valence-corrected chi connectivity index (χ0v) is 46.2. The summed E-state index contributed by atoms with van der Waals surface area (Å²) < 4.78 is 82.5. The summed E-state index contributed by atoms with van der Waals surface area (Å²) in [5, 5.41) is 225. The molecule has 7 heterocycles. The number of aliphatic hydroxyl groups is 22. The molecule has 7 saturated heterocycles. The van der Waals surface area contributed by atoms with E-state index in [0.717, 1.165) is 0 Å². The molecule has 37 heteroatoms.